The van der Waals surface area contributed by atoms with Crippen LogP contribution in [-0.2, 0) is 11.3 Å². The summed E-state index contributed by atoms with van der Waals surface area (Å²) in [6.07, 6.45) is 1.39. The molecule has 1 heterocycles. The van der Waals surface area contributed by atoms with Crippen molar-refractivity contribution >= 4 is 27.9 Å². The standard InChI is InChI=1S/C15H19BrN2O3/c1-17(9-11-5-2-3-7-13(11)16)15(21)18-8-4-6-12(10-18)14(19)20/h2-3,5,7,12H,4,6,8-10H2,1H3,(H,19,20). The van der Waals surface area contributed by atoms with Gasteiger partial charge in [-0.15, -0.1) is 0 Å². The normalized spacial score (nSPS) is 18.4. The topological polar surface area (TPSA) is 60.9 Å². The second kappa shape index (κ2) is 6.93. The molecule has 1 aliphatic heterocycles. The van der Waals surface area contributed by atoms with Crippen molar-refractivity contribution in [2.45, 2.75) is 19.4 Å². The van der Waals surface area contributed by atoms with Crippen LogP contribution in [0.5, 0.6) is 0 Å². The number of aliphatic carboxylic acids is 1. The van der Waals surface area contributed by atoms with Crippen molar-refractivity contribution in [2.75, 3.05) is 20.1 Å². The van der Waals surface area contributed by atoms with E-state index in [1.165, 1.54) is 0 Å². The molecular formula is C15H19BrN2O3. The number of halogens is 1. The van der Waals surface area contributed by atoms with Gasteiger partial charge >= 0.3 is 12.0 Å². The molecule has 1 atom stereocenters. The fraction of sp³-hybridized carbons (Fsp3) is 0.467. The minimum Gasteiger partial charge on any atom is -0.481 e. The Morgan fingerprint density at radius 3 is 2.81 bits per heavy atom. The Morgan fingerprint density at radius 2 is 2.14 bits per heavy atom. The Kier molecular flexibility index (Phi) is 5.22. The van der Waals surface area contributed by atoms with E-state index in [9.17, 15) is 9.59 Å². The lowest BCUT2D eigenvalue weighted by molar-refractivity contribution is -0.143. The number of carbonyl (C=O) groups is 2. The maximum absolute atomic E-state index is 12.4. The highest BCUT2D eigenvalue weighted by atomic mass is 79.9. The lowest BCUT2D eigenvalue weighted by atomic mass is 9.99. The van der Waals surface area contributed by atoms with E-state index in [0.717, 1.165) is 16.5 Å². The van der Waals surface area contributed by atoms with E-state index in [0.29, 0.717) is 26.1 Å². The van der Waals surface area contributed by atoms with Crippen molar-refractivity contribution in [3.63, 3.8) is 0 Å². The highest BCUT2D eigenvalue weighted by Crippen LogP contribution is 2.20. The molecule has 114 valence electrons. The first-order chi connectivity index (χ1) is 9.99. The van der Waals surface area contributed by atoms with E-state index in [2.05, 4.69) is 15.9 Å². The third kappa shape index (κ3) is 3.97. The summed E-state index contributed by atoms with van der Waals surface area (Å²) < 4.78 is 0.965. The number of carboxylic acids is 1. The van der Waals surface area contributed by atoms with E-state index < -0.39 is 11.9 Å². The molecule has 1 aromatic rings. The summed E-state index contributed by atoms with van der Waals surface area (Å²) in [6.45, 7) is 1.42. The van der Waals surface area contributed by atoms with Gasteiger partial charge in [0.15, 0.2) is 0 Å². The smallest absolute Gasteiger partial charge is 0.320 e. The molecule has 0 bridgehead atoms. The lowest BCUT2D eigenvalue weighted by Gasteiger charge is -2.33. The number of carbonyl (C=O) groups excluding carboxylic acids is 1. The summed E-state index contributed by atoms with van der Waals surface area (Å²) in [7, 11) is 1.74. The van der Waals surface area contributed by atoms with Crippen LogP contribution in [0.4, 0.5) is 4.79 Å². The number of piperidine rings is 1. The average molecular weight is 355 g/mol. The number of carboxylic acid groups (broad SMARTS) is 1. The third-order valence-corrected chi connectivity index (χ3v) is 4.51. The average Bonchev–Trinajstić information content (AvgIpc) is 2.49. The first-order valence-corrected chi connectivity index (χ1v) is 7.74. The van der Waals surface area contributed by atoms with E-state index in [1.54, 1.807) is 16.8 Å². The number of benzene rings is 1. The van der Waals surface area contributed by atoms with Gasteiger partial charge in [-0.1, -0.05) is 34.1 Å². The highest BCUT2D eigenvalue weighted by molar-refractivity contribution is 9.10. The molecule has 1 unspecified atom stereocenters. The first kappa shape index (κ1) is 15.8. The van der Waals surface area contributed by atoms with Crippen LogP contribution < -0.4 is 0 Å². The molecule has 0 radical (unpaired) electrons. The number of hydrogen-bond acceptors (Lipinski definition) is 2. The molecule has 1 aliphatic rings. The number of rotatable bonds is 3. The van der Waals surface area contributed by atoms with Gasteiger partial charge in [-0.3, -0.25) is 4.79 Å². The van der Waals surface area contributed by atoms with Gasteiger partial charge in [-0.05, 0) is 24.5 Å². The molecule has 2 rings (SSSR count). The summed E-state index contributed by atoms with van der Waals surface area (Å²) in [5, 5.41) is 9.09. The van der Waals surface area contributed by atoms with Gasteiger partial charge in [0, 0.05) is 31.2 Å². The highest BCUT2D eigenvalue weighted by Gasteiger charge is 2.29. The molecule has 1 aromatic carbocycles. The number of amides is 2. The zero-order valence-electron chi connectivity index (χ0n) is 12.0. The van der Waals surface area contributed by atoms with E-state index >= 15 is 0 Å². The molecule has 2 amide bonds. The van der Waals surface area contributed by atoms with Crippen LogP contribution in [0.25, 0.3) is 0 Å². The summed E-state index contributed by atoms with van der Waals surface area (Å²) in [6, 6.07) is 7.65. The predicted molar refractivity (Wildman–Crippen MR) is 82.9 cm³/mol. The zero-order chi connectivity index (χ0) is 15.4. The monoisotopic (exact) mass is 354 g/mol. The molecule has 0 aliphatic carbocycles. The maximum atomic E-state index is 12.4. The number of nitrogens with zero attached hydrogens (tertiary/aromatic N) is 2. The Bertz CT molecular complexity index is 535. The van der Waals surface area contributed by atoms with Crippen LogP contribution in [0.1, 0.15) is 18.4 Å². The summed E-state index contributed by atoms with van der Waals surface area (Å²) in [5.41, 5.74) is 1.03. The maximum Gasteiger partial charge on any atom is 0.320 e. The number of urea groups is 1. The molecule has 0 aromatic heterocycles. The molecule has 6 heteroatoms. The van der Waals surface area contributed by atoms with Gasteiger partial charge in [-0.2, -0.15) is 0 Å². The van der Waals surface area contributed by atoms with E-state index in [4.69, 9.17) is 5.11 Å². The second-order valence-corrected chi connectivity index (χ2v) is 6.21. The van der Waals surface area contributed by atoms with Crippen molar-refractivity contribution in [3.8, 4) is 0 Å². The molecule has 21 heavy (non-hydrogen) atoms. The van der Waals surface area contributed by atoms with Gasteiger partial charge in [0.1, 0.15) is 0 Å². The van der Waals surface area contributed by atoms with Gasteiger partial charge in [0.25, 0.3) is 0 Å². The van der Waals surface area contributed by atoms with E-state index in [-0.39, 0.29) is 6.03 Å². The zero-order valence-corrected chi connectivity index (χ0v) is 13.5. The first-order valence-electron chi connectivity index (χ1n) is 6.95. The quantitative estimate of drug-likeness (QED) is 0.907. The Labute approximate surface area is 132 Å². The van der Waals surface area contributed by atoms with E-state index in [1.807, 2.05) is 24.3 Å². The molecule has 5 nitrogen and oxygen atoms in total. The lowest BCUT2D eigenvalue weighted by Crippen LogP contribution is -2.47. The van der Waals surface area contributed by atoms with Crippen LogP contribution in [0.2, 0.25) is 0 Å². The molecule has 0 saturated carbocycles. The van der Waals surface area contributed by atoms with Crippen molar-refractivity contribution in [3.05, 3.63) is 34.3 Å². The largest absolute Gasteiger partial charge is 0.481 e. The minimum atomic E-state index is -0.819. The molecule has 1 fully saturated rings. The summed E-state index contributed by atoms with van der Waals surface area (Å²) in [5.74, 6) is -1.26. The van der Waals surface area contributed by atoms with Crippen molar-refractivity contribution < 1.29 is 14.7 Å². The predicted octanol–water partition coefficient (Wildman–Crippen LogP) is 2.80. The Hall–Kier alpha value is -1.56. The second-order valence-electron chi connectivity index (χ2n) is 5.35. The van der Waals surface area contributed by atoms with Crippen LogP contribution in [0.3, 0.4) is 0 Å². The van der Waals surface area contributed by atoms with Gasteiger partial charge in [0.2, 0.25) is 0 Å². The Balaban J connectivity index is 1.99. The number of likely N-dealkylation sites (tertiary alicyclic amines) is 1. The minimum absolute atomic E-state index is 0.114. The van der Waals surface area contributed by atoms with Crippen molar-refractivity contribution in [1.82, 2.24) is 9.80 Å². The molecular weight excluding hydrogens is 336 g/mol. The van der Waals surface area contributed by atoms with Gasteiger partial charge in [0.05, 0.1) is 5.92 Å². The van der Waals surface area contributed by atoms with Gasteiger partial charge in [-0.25, -0.2) is 4.79 Å². The van der Waals surface area contributed by atoms with Crippen molar-refractivity contribution in [2.24, 2.45) is 5.92 Å². The fourth-order valence-electron chi connectivity index (χ4n) is 2.54. The SMILES string of the molecule is CN(Cc1ccccc1Br)C(=O)N1CCCC(C(=O)O)C1. The summed E-state index contributed by atoms with van der Waals surface area (Å²) >= 11 is 3.47. The van der Waals surface area contributed by atoms with Gasteiger partial charge < -0.3 is 14.9 Å². The van der Waals surface area contributed by atoms with Crippen LogP contribution in [0, 0.1) is 5.92 Å². The van der Waals surface area contributed by atoms with Crippen molar-refractivity contribution in [1.29, 1.82) is 0 Å². The molecule has 1 N–H and O–H groups in total. The van der Waals surface area contributed by atoms with Crippen LogP contribution >= 0.6 is 15.9 Å². The molecule has 1 saturated heterocycles. The molecule has 0 spiro atoms. The van der Waals surface area contributed by atoms with Crippen LogP contribution in [-0.4, -0.2) is 47.0 Å². The Morgan fingerprint density at radius 1 is 1.43 bits per heavy atom. The summed E-state index contributed by atoms with van der Waals surface area (Å²) in [4.78, 5) is 26.8. The third-order valence-electron chi connectivity index (χ3n) is 3.73. The number of hydrogen-bond donors (Lipinski definition) is 1. The van der Waals surface area contributed by atoms with Crippen LogP contribution in [0.15, 0.2) is 28.7 Å². The fourth-order valence-corrected chi connectivity index (χ4v) is 2.95.